The number of para-hydroxylation sites is 1. The van der Waals surface area contributed by atoms with Gasteiger partial charge in [0.2, 0.25) is 0 Å². The van der Waals surface area contributed by atoms with Crippen LogP contribution in [0.5, 0.6) is 0 Å². The van der Waals surface area contributed by atoms with E-state index >= 15 is 0 Å². The Bertz CT molecular complexity index is 1040. The third kappa shape index (κ3) is 31.4. The third-order valence-corrected chi connectivity index (χ3v) is 11.9. The van der Waals surface area contributed by atoms with Crippen LogP contribution >= 0.6 is 23.5 Å². The molecular formula is C44H77NO7S2. The van der Waals surface area contributed by atoms with Crippen molar-refractivity contribution in [2.24, 2.45) is 0 Å². The van der Waals surface area contributed by atoms with E-state index in [1.54, 1.807) is 18.2 Å². The van der Waals surface area contributed by atoms with E-state index in [9.17, 15) is 19.7 Å². The predicted octanol–water partition coefficient (Wildman–Crippen LogP) is 13.2. The number of thioether (sulfide) groups is 2. The van der Waals surface area contributed by atoms with Gasteiger partial charge in [0.15, 0.2) is 6.10 Å². The van der Waals surface area contributed by atoms with E-state index in [0.717, 1.165) is 38.5 Å². The molecule has 312 valence electrons. The standard InChI is InChI=1S/C44H77NO7S2/c1-3-5-7-25-33-53-35-27-19-15-11-9-13-17-21-31-43(46)51-39-41(38-50-37-40-29-23-24-30-42(40)45(48)49)52-44(47)32-22-18-14-10-12-16-20-28-36-54-34-26-8-6-4-2/h23-24,29-30,41H,3-22,25-28,31-39H2,1-2H3. The number of carbonyl (C=O) groups is 2. The summed E-state index contributed by atoms with van der Waals surface area (Å²) in [5.41, 5.74) is 0.417. The number of benzene rings is 1. The van der Waals surface area contributed by atoms with Gasteiger partial charge in [-0.25, -0.2) is 0 Å². The van der Waals surface area contributed by atoms with Crippen molar-refractivity contribution in [3.8, 4) is 0 Å². The Morgan fingerprint density at radius 1 is 0.593 bits per heavy atom. The van der Waals surface area contributed by atoms with Crippen molar-refractivity contribution in [1.82, 2.24) is 0 Å². The number of nitro groups is 1. The van der Waals surface area contributed by atoms with Crippen molar-refractivity contribution in [1.29, 1.82) is 0 Å². The molecule has 0 radical (unpaired) electrons. The van der Waals surface area contributed by atoms with Crippen molar-refractivity contribution in [2.45, 2.75) is 193 Å². The fourth-order valence-electron chi connectivity index (χ4n) is 6.26. The molecule has 0 N–H and O–H groups in total. The fraction of sp³-hybridized carbons (Fsp3) is 0.818. The van der Waals surface area contributed by atoms with E-state index in [1.165, 1.54) is 145 Å². The van der Waals surface area contributed by atoms with Crippen LogP contribution in [0.2, 0.25) is 0 Å². The van der Waals surface area contributed by atoms with E-state index in [-0.39, 0.29) is 37.4 Å². The van der Waals surface area contributed by atoms with Gasteiger partial charge in [-0.2, -0.15) is 23.5 Å². The Kier molecular flexibility index (Phi) is 35.5. The Hall–Kier alpha value is -1.78. The summed E-state index contributed by atoms with van der Waals surface area (Å²) in [6.45, 7) is 4.41. The molecule has 0 bridgehead atoms. The van der Waals surface area contributed by atoms with Crippen molar-refractivity contribution < 1.29 is 28.7 Å². The molecule has 0 fully saturated rings. The van der Waals surface area contributed by atoms with E-state index in [1.807, 2.05) is 0 Å². The van der Waals surface area contributed by atoms with Crippen molar-refractivity contribution in [3.63, 3.8) is 0 Å². The van der Waals surface area contributed by atoms with Crippen LogP contribution < -0.4 is 0 Å². The highest BCUT2D eigenvalue weighted by Gasteiger charge is 2.19. The van der Waals surface area contributed by atoms with Crippen LogP contribution in [0.3, 0.4) is 0 Å². The minimum atomic E-state index is -0.766. The van der Waals surface area contributed by atoms with Crippen LogP contribution in [0.15, 0.2) is 24.3 Å². The molecule has 0 amide bonds. The van der Waals surface area contributed by atoms with Gasteiger partial charge in [0, 0.05) is 18.9 Å². The first-order chi connectivity index (χ1) is 26.5. The Morgan fingerprint density at radius 3 is 1.50 bits per heavy atom. The number of unbranched alkanes of at least 4 members (excludes halogenated alkanes) is 20. The lowest BCUT2D eigenvalue weighted by Gasteiger charge is -2.18. The largest absolute Gasteiger partial charge is 0.462 e. The fourth-order valence-corrected chi connectivity index (χ4v) is 8.31. The highest BCUT2D eigenvalue weighted by Crippen LogP contribution is 2.19. The molecule has 1 rings (SSSR count). The molecule has 0 saturated heterocycles. The summed E-state index contributed by atoms with van der Waals surface area (Å²) < 4.78 is 17.0. The summed E-state index contributed by atoms with van der Waals surface area (Å²) in [5.74, 6) is 4.54. The van der Waals surface area contributed by atoms with Crippen LogP contribution in [0.1, 0.15) is 186 Å². The van der Waals surface area contributed by atoms with Gasteiger partial charge in [-0.3, -0.25) is 19.7 Å². The maximum absolute atomic E-state index is 12.7. The van der Waals surface area contributed by atoms with Gasteiger partial charge in [-0.1, -0.05) is 142 Å². The first-order valence-electron chi connectivity index (χ1n) is 21.8. The minimum absolute atomic E-state index is 0.00484. The molecule has 0 spiro atoms. The van der Waals surface area contributed by atoms with E-state index in [4.69, 9.17) is 14.2 Å². The SMILES string of the molecule is CCCCCCSCCCCCCCCCCC(=O)OCC(COCc1ccccc1[N+](=O)[O-])OC(=O)CCCCCCCCCCSCCCCCC. The molecule has 1 unspecified atom stereocenters. The molecule has 1 aromatic carbocycles. The lowest BCUT2D eigenvalue weighted by Crippen LogP contribution is -2.29. The first-order valence-corrected chi connectivity index (χ1v) is 24.1. The zero-order valence-corrected chi connectivity index (χ0v) is 36.0. The molecule has 54 heavy (non-hydrogen) atoms. The summed E-state index contributed by atoms with van der Waals surface area (Å²) in [5, 5.41) is 11.4. The molecule has 8 nitrogen and oxygen atoms in total. The molecular weight excluding hydrogens is 719 g/mol. The Labute approximate surface area is 338 Å². The highest BCUT2D eigenvalue weighted by atomic mass is 32.2. The van der Waals surface area contributed by atoms with Crippen LogP contribution in [-0.2, 0) is 30.4 Å². The average molecular weight is 796 g/mol. The molecule has 0 heterocycles. The van der Waals surface area contributed by atoms with Gasteiger partial charge in [0.25, 0.3) is 5.69 Å². The van der Waals surface area contributed by atoms with E-state index in [2.05, 4.69) is 37.4 Å². The van der Waals surface area contributed by atoms with Crippen LogP contribution in [-0.4, -0.2) is 59.2 Å². The number of hydrogen-bond donors (Lipinski definition) is 0. The van der Waals surface area contributed by atoms with Gasteiger partial charge in [-0.15, -0.1) is 0 Å². The summed E-state index contributed by atoms with van der Waals surface area (Å²) in [7, 11) is 0. The van der Waals surface area contributed by atoms with Crippen LogP contribution in [0.4, 0.5) is 5.69 Å². The molecule has 0 aromatic heterocycles. The van der Waals surface area contributed by atoms with Crippen LogP contribution in [0, 0.1) is 10.1 Å². The van der Waals surface area contributed by atoms with Gasteiger partial charge < -0.3 is 14.2 Å². The number of hydrogen-bond acceptors (Lipinski definition) is 9. The maximum Gasteiger partial charge on any atom is 0.306 e. The zero-order chi connectivity index (χ0) is 39.2. The Balaban J connectivity index is 2.26. The number of carbonyl (C=O) groups excluding carboxylic acids is 2. The van der Waals surface area contributed by atoms with Gasteiger partial charge in [0.1, 0.15) is 6.61 Å². The predicted molar refractivity (Wildman–Crippen MR) is 230 cm³/mol. The first kappa shape index (κ1) is 50.2. The van der Waals surface area contributed by atoms with E-state index in [0.29, 0.717) is 18.4 Å². The van der Waals surface area contributed by atoms with Gasteiger partial charge in [-0.05, 0) is 67.6 Å². The second kappa shape index (κ2) is 38.1. The normalized spacial score (nSPS) is 11.8. The second-order valence-electron chi connectivity index (χ2n) is 14.7. The minimum Gasteiger partial charge on any atom is -0.462 e. The molecule has 0 aliphatic heterocycles. The zero-order valence-electron chi connectivity index (χ0n) is 34.3. The maximum atomic E-state index is 12.7. The van der Waals surface area contributed by atoms with Gasteiger partial charge in [0.05, 0.1) is 23.7 Å². The summed E-state index contributed by atoms with van der Waals surface area (Å²) >= 11 is 4.21. The number of rotatable bonds is 40. The average Bonchev–Trinajstić information content (AvgIpc) is 3.17. The van der Waals surface area contributed by atoms with Crippen molar-refractivity contribution in [3.05, 3.63) is 39.9 Å². The third-order valence-electron chi connectivity index (χ3n) is 9.60. The lowest BCUT2D eigenvalue weighted by molar-refractivity contribution is -0.386. The lowest BCUT2D eigenvalue weighted by atomic mass is 10.1. The number of nitro benzene ring substituents is 1. The van der Waals surface area contributed by atoms with Gasteiger partial charge >= 0.3 is 11.9 Å². The molecule has 1 aromatic rings. The molecule has 0 aliphatic carbocycles. The number of ether oxygens (including phenoxy) is 3. The molecule has 1 atom stereocenters. The number of esters is 2. The van der Waals surface area contributed by atoms with Crippen LogP contribution in [0.25, 0.3) is 0 Å². The quantitative estimate of drug-likeness (QED) is 0.0278. The van der Waals surface area contributed by atoms with E-state index < -0.39 is 11.0 Å². The summed E-state index contributed by atoms with van der Waals surface area (Å²) in [6.07, 6.45) is 29.1. The number of nitrogens with zero attached hydrogens (tertiary/aromatic N) is 1. The summed E-state index contributed by atoms with van der Waals surface area (Å²) in [6, 6.07) is 6.41. The highest BCUT2D eigenvalue weighted by molar-refractivity contribution is 7.99. The smallest absolute Gasteiger partial charge is 0.306 e. The summed E-state index contributed by atoms with van der Waals surface area (Å²) in [4.78, 5) is 36.2. The Morgan fingerprint density at radius 2 is 1.02 bits per heavy atom. The van der Waals surface area contributed by atoms with Crippen molar-refractivity contribution >= 4 is 41.1 Å². The molecule has 10 heteroatoms. The topological polar surface area (TPSA) is 105 Å². The monoisotopic (exact) mass is 796 g/mol. The van der Waals surface area contributed by atoms with Crippen molar-refractivity contribution in [2.75, 3.05) is 36.2 Å². The second-order valence-corrected chi connectivity index (χ2v) is 17.1. The molecule has 0 aliphatic rings. The molecule has 0 saturated carbocycles.